The molecule has 0 aliphatic heterocycles. The molecule has 0 saturated heterocycles. The van der Waals surface area contributed by atoms with E-state index in [-0.39, 0.29) is 24.2 Å². The molecule has 0 bridgehead atoms. The van der Waals surface area contributed by atoms with Crippen molar-refractivity contribution >= 4 is 22.9 Å². The smallest absolute Gasteiger partial charge is 0.259 e. The van der Waals surface area contributed by atoms with Crippen LogP contribution >= 0.6 is 0 Å². The summed E-state index contributed by atoms with van der Waals surface area (Å²) in [6.07, 6.45) is 1.52. The fourth-order valence-corrected chi connectivity index (χ4v) is 2.45. The molecule has 0 fully saturated rings. The zero-order chi connectivity index (χ0) is 18.0. The van der Waals surface area contributed by atoms with Gasteiger partial charge in [-0.3, -0.25) is 9.59 Å². The maximum atomic E-state index is 12.6. The minimum Gasteiger partial charge on any atom is -0.463 e. The second kappa shape index (κ2) is 6.76. The van der Waals surface area contributed by atoms with E-state index in [0.29, 0.717) is 28.1 Å². The summed E-state index contributed by atoms with van der Waals surface area (Å²) in [6.45, 7) is 5.30. The van der Waals surface area contributed by atoms with Gasteiger partial charge in [0.05, 0.1) is 29.5 Å². The van der Waals surface area contributed by atoms with E-state index in [1.807, 2.05) is 13.8 Å². The van der Waals surface area contributed by atoms with Gasteiger partial charge in [-0.25, -0.2) is 4.98 Å². The molecule has 8 nitrogen and oxygen atoms in total. The minimum atomic E-state index is -0.412. The lowest BCUT2D eigenvalue weighted by molar-refractivity contribution is -0.120. The number of furan rings is 1. The van der Waals surface area contributed by atoms with E-state index >= 15 is 0 Å². The standard InChI is InChI=1S/C17H18N4O4/c1-9(2)19-14(22)8-18-16(23)11-7-12(13-5-4-6-24-13)20-17-15(11)10(3)21-25-17/h4-7,9H,8H2,1-3H3,(H,18,23)(H,19,22). The maximum absolute atomic E-state index is 12.6. The number of nitrogens with one attached hydrogen (secondary N) is 2. The van der Waals surface area contributed by atoms with Gasteiger partial charge in [-0.2, -0.15) is 0 Å². The minimum absolute atomic E-state index is 0.00269. The predicted octanol–water partition coefficient (Wildman–Crippen LogP) is 2.05. The van der Waals surface area contributed by atoms with Crippen molar-refractivity contribution in [1.29, 1.82) is 0 Å². The third-order valence-corrected chi connectivity index (χ3v) is 3.49. The summed E-state index contributed by atoms with van der Waals surface area (Å²) < 4.78 is 10.5. The van der Waals surface area contributed by atoms with E-state index < -0.39 is 5.91 Å². The van der Waals surface area contributed by atoms with E-state index in [2.05, 4.69) is 20.8 Å². The highest BCUT2D eigenvalue weighted by atomic mass is 16.5. The van der Waals surface area contributed by atoms with Crippen LogP contribution in [0.5, 0.6) is 0 Å². The topological polar surface area (TPSA) is 110 Å². The monoisotopic (exact) mass is 342 g/mol. The second-order valence-corrected chi connectivity index (χ2v) is 5.89. The molecule has 0 aliphatic rings. The van der Waals surface area contributed by atoms with Crippen LogP contribution < -0.4 is 10.6 Å². The van der Waals surface area contributed by atoms with Crippen molar-refractivity contribution in [3.63, 3.8) is 0 Å². The van der Waals surface area contributed by atoms with Crippen LogP contribution in [0.25, 0.3) is 22.6 Å². The highest BCUT2D eigenvalue weighted by Crippen LogP contribution is 2.27. The quantitative estimate of drug-likeness (QED) is 0.734. The highest BCUT2D eigenvalue weighted by Gasteiger charge is 2.20. The molecule has 0 spiro atoms. The van der Waals surface area contributed by atoms with Crippen LogP contribution in [0.15, 0.2) is 33.4 Å². The Morgan fingerprint density at radius 2 is 2.12 bits per heavy atom. The van der Waals surface area contributed by atoms with Gasteiger partial charge < -0.3 is 19.6 Å². The molecular formula is C17H18N4O4. The number of amides is 2. The number of hydrogen-bond acceptors (Lipinski definition) is 6. The molecule has 3 aromatic heterocycles. The van der Waals surface area contributed by atoms with Crippen molar-refractivity contribution in [2.75, 3.05) is 6.54 Å². The first-order chi connectivity index (χ1) is 12.0. The normalized spacial score (nSPS) is 11.0. The highest BCUT2D eigenvalue weighted by molar-refractivity contribution is 6.07. The zero-order valence-electron chi connectivity index (χ0n) is 14.1. The fraction of sp³-hybridized carbons (Fsp3) is 0.294. The van der Waals surface area contributed by atoms with Gasteiger partial charge in [-0.1, -0.05) is 5.16 Å². The van der Waals surface area contributed by atoms with Crippen LogP contribution in [-0.2, 0) is 4.79 Å². The molecule has 0 radical (unpaired) electrons. The van der Waals surface area contributed by atoms with Crippen LogP contribution in [0.2, 0.25) is 0 Å². The van der Waals surface area contributed by atoms with Gasteiger partial charge in [-0.05, 0) is 39.0 Å². The Labute approximate surface area is 143 Å². The number of nitrogens with zero attached hydrogens (tertiary/aromatic N) is 2. The average Bonchev–Trinajstić information content (AvgIpc) is 3.21. The summed E-state index contributed by atoms with van der Waals surface area (Å²) in [5.74, 6) is -0.171. The van der Waals surface area contributed by atoms with E-state index in [1.54, 1.807) is 25.1 Å². The van der Waals surface area contributed by atoms with Gasteiger partial charge in [0.2, 0.25) is 5.91 Å². The van der Waals surface area contributed by atoms with Gasteiger partial charge in [0.25, 0.3) is 11.6 Å². The number of aryl methyl sites for hydroxylation is 1. The van der Waals surface area contributed by atoms with Gasteiger partial charge in [0, 0.05) is 6.04 Å². The summed E-state index contributed by atoms with van der Waals surface area (Å²) in [5.41, 5.74) is 1.56. The number of carbonyl (C=O) groups is 2. The van der Waals surface area contributed by atoms with Crippen molar-refractivity contribution in [2.45, 2.75) is 26.8 Å². The molecule has 2 amide bonds. The van der Waals surface area contributed by atoms with Crippen LogP contribution in [0, 0.1) is 6.92 Å². The van der Waals surface area contributed by atoms with E-state index in [0.717, 1.165) is 0 Å². The number of carbonyl (C=O) groups excluding carboxylic acids is 2. The first kappa shape index (κ1) is 16.7. The average molecular weight is 342 g/mol. The largest absolute Gasteiger partial charge is 0.463 e. The summed E-state index contributed by atoms with van der Waals surface area (Å²) >= 11 is 0. The molecule has 0 atom stereocenters. The lowest BCUT2D eigenvalue weighted by atomic mass is 10.1. The molecule has 3 heterocycles. The van der Waals surface area contributed by atoms with E-state index in [4.69, 9.17) is 8.94 Å². The Kier molecular flexibility index (Phi) is 4.51. The third kappa shape index (κ3) is 3.52. The van der Waals surface area contributed by atoms with Crippen LogP contribution in [0.4, 0.5) is 0 Å². The number of hydrogen-bond donors (Lipinski definition) is 2. The lowest BCUT2D eigenvalue weighted by Crippen LogP contribution is -2.39. The van der Waals surface area contributed by atoms with Crippen molar-refractivity contribution < 1.29 is 18.5 Å². The molecule has 0 aliphatic carbocycles. The molecule has 0 unspecified atom stereocenters. The Morgan fingerprint density at radius 3 is 2.80 bits per heavy atom. The Bertz CT molecular complexity index is 912. The molecule has 0 saturated carbocycles. The molecule has 25 heavy (non-hydrogen) atoms. The van der Waals surface area contributed by atoms with Gasteiger partial charge >= 0.3 is 0 Å². The van der Waals surface area contributed by atoms with Crippen molar-refractivity contribution in [3.05, 3.63) is 35.7 Å². The molecule has 3 rings (SSSR count). The Hall–Kier alpha value is -3.16. The summed E-state index contributed by atoms with van der Waals surface area (Å²) in [5, 5.41) is 9.70. The van der Waals surface area contributed by atoms with Gasteiger partial charge in [0.1, 0.15) is 5.69 Å². The van der Waals surface area contributed by atoms with Crippen molar-refractivity contribution in [3.8, 4) is 11.5 Å². The molecule has 130 valence electrons. The molecule has 3 aromatic rings. The predicted molar refractivity (Wildman–Crippen MR) is 89.9 cm³/mol. The summed E-state index contributed by atoms with van der Waals surface area (Å²) in [4.78, 5) is 28.7. The van der Waals surface area contributed by atoms with Crippen LogP contribution in [-0.4, -0.2) is 34.5 Å². The van der Waals surface area contributed by atoms with Gasteiger partial charge in [-0.15, -0.1) is 0 Å². The second-order valence-electron chi connectivity index (χ2n) is 5.89. The van der Waals surface area contributed by atoms with Crippen molar-refractivity contribution in [2.24, 2.45) is 0 Å². The number of aromatic nitrogens is 2. The number of fused-ring (bicyclic) bond motifs is 1. The Balaban J connectivity index is 1.92. The lowest BCUT2D eigenvalue weighted by Gasteiger charge is -2.10. The zero-order valence-corrected chi connectivity index (χ0v) is 14.1. The fourth-order valence-electron chi connectivity index (χ4n) is 2.45. The van der Waals surface area contributed by atoms with E-state index in [9.17, 15) is 9.59 Å². The first-order valence-corrected chi connectivity index (χ1v) is 7.84. The number of pyridine rings is 1. The van der Waals surface area contributed by atoms with E-state index in [1.165, 1.54) is 6.26 Å². The summed E-state index contributed by atoms with van der Waals surface area (Å²) in [7, 11) is 0. The number of rotatable bonds is 5. The van der Waals surface area contributed by atoms with Gasteiger partial charge in [0.15, 0.2) is 5.76 Å². The Morgan fingerprint density at radius 1 is 1.32 bits per heavy atom. The molecule has 0 aromatic carbocycles. The van der Waals surface area contributed by atoms with Crippen LogP contribution in [0.1, 0.15) is 29.9 Å². The SMILES string of the molecule is Cc1noc2nc(-c3ccco3)cc(C(=O)NCC(=O)NC(C)C)c12. The molecular weight excluding hydrogens is 324 g/mol. The van der Waals surface area contributed by atoms with Crippen LogP contribution in [0.3, 0.4) is 0 Å². The first-order valence-electron chi connectivity index (χ1n) is 7.84. The third-order valence-electron chi connectivity index (χ3n) is 3.49. The summed E-state index contributed by atoms with van der Waals surface area (Å²) in [6, 6.07) is 5.06. The van der Waals surface area contributed by atoms with Crippen molar-refractivity contribution in [1.82, 2.24) is 20.8 Å². The molecule has 8 heteroatoms. The molecule has 2 N–H and O–H groups in total. The maximum Gasteiger partial charge on any atom is 0.259 e.